The molecule has 2 fully saturated rings. The molecule has 0 spiro atoms. The number of alkyl halides is 1. The quantitative estimate of drug-likeness (QED) is 0.589. The lowest BCUT2D eigenvalue weighted by Crippen LogP contribution is -2.50. The molecule has 2 rings (SSSR count). The molecule has 88 valence electrons. The summed E-state index contributed by atoms with van der Waals surface area (Å²) in [5, 5.41) is 0.914. The van der Waals surface area contributed by atoms with Crippen LogP contribution >= 0.6 is 27.7 Å². The van der Waals surface area contributed by atoms with E-state index >= 15 is 0 Å². The molecule has 1 aliphatic heterocycles. The van der Waals surface area contributed by atoms with Gasteiger partial charge in [-0.05, 0) is 41.8 Å². The third-order valence-corrected chi connectivity index (χ3v) is 7.40. The molecule has 0 nitrogen and oxygen atoms in total. The minimum absolute atomic E-state index is 0.552. The van der Waals surface area contributed by atoms with Crippen LogP contribution in [-0.2, 0) is 0 Å². The first-order valence-electron chi connectivity index (χ1n) is 6.19. The zero-order chi connectivity index (χ0) is 11.2. The van der Waals surface area contributed by atoms with Gasteiger partial charge >= 0.3 is 0 Å². The number of halogens is 1. The Balaban J connectivity index is 2.26. The van der Waals surface area contributed by atoms with Crippen molar-refractivity contribution in [3.63, 3.8) is 0 Å². The normalized spacial score (nSPS) is 49.8. The Morgan fingerprint density at radius 1 is 1.27 bits per heavy atom. The van der Waals surface area contributed by atoms with E-state index in [0.29, 0.717) is 5.41 Å². The van der Waals surface area contributed by atoms with Crippen LogP contribution in [0, 0.1) is 23.2 Å². The summed E-state index contributed by atoms with van der Waals surface area (Å²) in [7, 11) is 0. The van der Waals surface area contributed by atoms with E-state index in [1.165, 1.54) is 18.6 Å². The van der Waals surface area contributed by atoms with Gasteiger partial charge in [0.15, 0.2) is 0 Å². The zero-order valence-corrected chi connectivity index (χ0v) is 12.7. The molecular weight excluding hydrogens is 268 g/mol. The highest BCUT2D eigenvalue weighted by Crippen LogP contribution is 2.55. The van der Waals surface area contributed by atoms with Crippen molar-refractivity contribution in [2.75, 3.05) is 5.75 Å². The Morgan fingerprint density at radius 3 is 2.60 bits per heavy atom. The van der Waals surface area contributed by atoms with Gasteiger partial charge in [0.25, 0.3) is 0 Å². The maximum absolute atomic E-state index is 3.90. The molecule has 5 atom stereocenters. The molecule has 0 bridgehead atoms. The highest BCUT2D eigenvalue weighted by Gasteiger charge is 2.49. The van der Waals surface area contributed by atoms with E-state index in [0.717, 1.165) is 27.8 Å². The van der Waals surface area contributed by atoms with Crippen molar-refractivity contribution in [1.82, 2.24) is 0 Å². The standard InChI is InChI=1S/C13H23BrS/c1-8-7-10(14)9(2)11-12(8)15-6-5-13(11,3)4/h8-12H,5-7H2,1-4H3. The molecule has 2 heteroatoms. The predicted molar refractivity (Wildman–Crippen MR) is 73.8 cm³/mol. The Kier molecular flexibility index (Phi) is 3.48. The van der Waals surface area contributed by atoms with Gasteiger partial charge in [0, 0.05) is 10.1 Å². The number of fused-ring (bicyclic) bond motifs is 1. The van der Waals surface area contributed by atoms with Crippen molar-refractivity contribution in [2.45, 2.75) is 50.6 Å². The van der Waals surface area contributed by atoms with E-state index in [2.05, 4.69) is 55.4 Å². The summed E-state index contributed by atoms with van der Waals surface area (Å²) in [5.41, 5.74) is 0.552. The molecule has 0 aromatic rings. The molecule has 1 aliphatic carbocycles. The third kappa shape index (κ3) is 2.13. The smallest absolute Gasteiger partial charge is 0.0177 e. The van der Waals surface area contributed by atoms with E-state index in [1.807, 2.05) is 0 Å². The lowest BCUT2D eigenvalue weighted by atomic mass is 9.62. The fourth-order valence-corrected chi connectivity index (χ4v) is 6.73. The molecule has 0 amide bonds. The Hall–Kier alpha value is 0.830. The minimum Gasteiger partial charge on any atom is -0.158 e. The topological polar surface area (TPSA) is 0 Å². The highest BCUT2D eigenvalue weighted by atomic mass is 79.9. The second-order valence-electron chi connectivity index (χ2n) is 6.19. The van der Waals surface area contributed by atoms with E-state index < -0.39 is 0 Å². The van der Waals surface area contributed by atoms with Crippen LogP contribution in [0.3, 0.4) is 0 Å². The highest BCUT2D eigenvalue weighted by molar-refractivity contribution is 9.09. The van der Waals surface area contributed by atoms with Crippen molar-refractivity contribution < 1.29 is 0 Å². The third-order valence-electron chi connectivity index (χ3n) is 4.61. The minimum atomic E-state index is 0.552. The van der Waals surface area contributed by atoms with Gasteiger partial charge in [0.1, 0.15) is 0 Å². The van der Waals surface area contributed by atoms with Gasteiger partial charge in [-0.15, -0.1) is 0 Å². The number of thioether (sulfide) groups is 1. The van der Waals surface area contributed by atoms with Gasteiger partial charge in [-0.3, -0.25) is 0 Å². The molecular formula is C13H23BrS. The van der Waals surface area contributed by atoms with Gasteiger partial charge in [0.05, 0.1) is 0 Å². The summed E-state index contributed by atoms with van der Waals surface area (Å²) >= 11 is 6.14. The predicted octanol–water partition coefficient (Wildman–Crippen LogP) is 4.57. The van der Waals surface area contributed by atoms with Crippen molar-refractivity contribution in [3.8, 4) is 0 Å². The number of rotatable bonds is 0. The fourth-order valence-electron chi connectivity index (χ4n) is 3.63. The van der Waals surface area contributed by atoms with Crippen molar-refractivity contribution >= 4 is 27.7 Å². The van der Waals surface area contributed by atoms with Gasteiger partial charge in [-0.1, -0.05) is 43.6 Å². The van der Waals surface area contributed by atoms with Crippen molar-refractivity contribution in [1.29, 1.82) is 0 Å². The van der Waals surface area contributed by atoms with E-state index in [9.17, 15) is 0 Å². The Morgan fingerprint density at radius 2 is 1.93 bits per heavy atom. The maximum Gasteiger partial charge on any atom is 0.0177 e. The van der Waals surface area contributed by atoms with E-state index in [-0.39, 0.29) is 0 Å². The maximum atomic E-state index is 3.90. The van der Waals surface area contributed by atoms with Crippen LogP contribution in [0.1, 0.15) is 40.5 Å². The van der Waals surface area contributed by atoms with Gasteiger partial charge in [0.2, 0.25) is 0 Å². The van der Waals surface area contributed by atoms with Crippen molar-refractivity contribution in [2.24, 2.45) is 23.2 Å². The molecule has 0 N–H and O–H groups in total. The molecule has 5 unspecified atom stereocenters. The van der Waals surface area contributed by atoms with Crippen LogP contribution in [0.15, 0.2) is 0 Å². The van der Waals surface area contributed by atoms with E-state index in [4.69, 9.17) is 0 Å². The second-order valence-corrected chi connectivity index (χ2v) is 8.65. The average Bonchev–Trinajstić information content (AvgIpc) is 2.13. The SMILES string of the molecule is CC1CC(Br)C(C)C2C1SCCC2(C)C. The molecule has 0 radical (unpaired) electrons. The van der Waals surface area contributed by atoms with Crippen LogP contribution in [0.4, 0.5) is 0 Å². The summed E-state index contributed by atoms with van der Waals surface area (Å²) in [4.78, 5) is 0.742. The van der Waals surface area contributed by atoms with Gasteiger partial charge < -0.3 is 0 Å². The zero-order valence-electron chi connectivity index (χ0n) is 10.3. The Bertz CT molecular complexity index is 239. The molecule has 1 saturated carbocycles. The van der Waals surface area contributed by atoms with Crippen molar-refractivity contribution in [3.05, 3.63) is 0 Å². The first-order valence-corrected chi connectivity index (χ1v) is 8.15. The lowest BCUT2D eigenvalue weighted by Gasteiger charge is -2.53. The molecule has 0 aromatic carbocycles. The summed E-state index contributed by atoms with van der Waals surface area (Å²) in [5.74, 6) is 4.01. The molecule has 0 aromatic heterocycles. The lowest BCUT2D eigenvalue weighted by molar-refractivity contribution is 0.0819. The van der Waals surface area contributed by atoms with Crippen LogP contribution in [0.25, 0.3) is 0 Å². The molecule has 2 aliphatic rings. The van der Waals surface area contributed by atoms with Gasteiger partial charge in [-0.25, -0.2) is 0 Å². The average molecular weight is 291 g/mol. The monoisotopic (exact) mass is 290 g/mol. The number of hydrogen-bond acceptors (Lipinski definition) is 1. The fraction of sp³-hybridized carbons (Fsp3) is 1.00. The summed E-state index contributed by atoms with van der Waals surface area (Å²) in [6.07, 6.45) is 2.76. The summed E-state index contributed by atoms with van der Waals surface area (Å²) in [6.45, 7) is 9.88. The van der Waals surface area contributed by atoms with Crippen LogP contribution in [0.5, 0.6) is 0 Å². The largest absolute Gasteiger partial charge is 0.158 e. The van der Waals surface area contributed by atoms with Crippen LogP contribution in [0.2, 0.25) is 0 Å². The first-order chi connectivity index (χ1) is 6.93. The van der Waals surface area contributed by atoms with Crippen LogP contribution < -0.4 is 0 Å². The van der Waals surface area contributed by atoms with Gasteiger partial charge in [-0.2, -0.15) is 11.8 Å². The first kappa shape index (κ1) is 12.3. The second kappa shape index (κ2) is 4.25. The summed E-state index contributed by atoms with van der Waals surface area (Å²) in [6, 6.07) is 0. The van der Waals surface area contributed by atoms with Crippen LogP contribution in [-0.4, -0.2) is 15.8 Å². The summed E-state index contributed by atoms with van der Waals surface area (Å²) < 4.78 is 0. The molecule has 1 heterocycles. The van der Waals surface area contributed by atoms with E-state index in [1.54, 1.807) is 0 Å². The molecule has 15 heavy (non-hydrogen) atoms. The Labute approximate surface area is 107 Å². The number of hydrogen-bond donors (Lipinski definition) is 0. The molecule has 1 saturated heterocycles.